The number of carbonyl (C=O) groups is 1. The van der Waals surface area contributed by atoms with Gasteiger partial charge in [0.1, 0.15) is 6.61 Å². The van der Waals surface area contributed by atoms with Gasteiger partial charge in [0.2, 0.25) is 0 Å². The Balaban J connectivity index is 3.78. The zero-order valence-electron chi connectivity index (χ0n) is 10.6. The van der Waals surface area contributed by atoms with Crippen molar-refractivity contribution in [2.75, 3.05) is 45.8 Å². The van der Waals surface area contributed by atoms with Crippen LogP contribution >= 0.6 is 12.6 Å². The Hall–Kier alpha value is -0.300. The van der Waals surface area contributed by atoms with Crippen LogP contribution in [0.4, 0.5) is 0 Å². The van der Waals surface area contributed by atoms with Crippen LogP contribution in [0.2, 0.25) is 0 Å². The van der Waals surface area contributed by atoms with Gasteiger partial charge in [0.05, 0.1) is 25.9 Å². The average Bonchev–Trinajstić information content (AvgIpc) is 2.35. The average molecular weight is 265 g/mol. The minimum Gasteiger partial charge on any atom is -0.464 e. The molecule has 0 aromatic heterocycles. The topological polar surface area (TPSA) is 59.0 Å². The molecular formula is C11H23NO4S. The SMILES string of the molecule is CCC(=O)OCC(CS)N(C)CCOCCO. The van der Waals surface area contributed by atoms with Gasteiger partial charge >= 0.3 is 5.97 Å². The van der Waals surface area contributed by atoms with Gasteiger partial charge in [-0.1, -0.05) is 6.92 Å². The van der Waals surface area contributed by atoms with Crippen LogP contribution in [0.1, 0.15) is 13.3 Å². The Labute approximate surface area is 108 Å². The predicted molar refractivity (Wildman–Crippen MR) is 69.4 cm³/mol. The molecule has 0 aliphatic rings. The van der Waals surface area contributed by atoms with Crippen molar-refractivity contribution in [3.05, 3.63) is 0 Å². The smallest absolute Gasteiger partial charge is 0.305 e. The van der Waals surface area contributed by atoms with Gasteiger partial charge in [-0.3, -0.25) is 9.69 Å². The number of hydrogen-bond acceptors (Lipinski definition) is 6. The number of nitrogens with zero attached hydrogens (tertiary/aromatic N) is 1. The molecule has 0 heterocycles. The third-order valence-electron chi connectivity index (χ3n) is 2.38. The van der Waals surface area contributed by atoms with Crippen LogP contribution < -0.4 is 0 Å². The normalized spacial score (nSPS) is 12.8. The van der Waals surface area contributed by atoms with E-state index in [1.165, 1.54) is 0 Å². The predicted octanol–water partition coefficient (Wildman–Crippen LogP) is 0.179. The Kier molecular flexibility index (Phi) is 10.6. The zero-order chi connectivity index (χ0) is 13.1. The van der Waals surface area contributed by atoms with Crippen LogP contribution in [0.15, 0.2) is 0 Å². The molecule has 0 amide bonds. The molecule has 0 bridgehead atoms. The van der Waals surface area contributed by atoms with Gasteiger partial charge in [-0.15, -0.1) is 0 Å². The molecule has 6 heteroatoms. The van der Waals surface area contributed by atoms with Gasteiger partial charge in [-0.25, -0.2) is 0 Å². The first-order chi connectivity index (χ1) is 8.15. The number of likely N-dealkylation sites (N-methyl/N-ethyl adjacent to an activating group) is 1. The summed E-state index contributed by atoms with van der Waals surface area (Å²) in [6, 6.07) is 0.0894. The first-order valence-electron chi connectivity index (χ1n) is 5.81. The van der Waals surface area contributed by atoms with E-state index in [-0.39, 0.29) is 18.6 Å². The monoisotopic (exact) mass is 265 g/mol. The second-order valence-corrected chi connectivity index (χ2v) is 4.05. The van der Waals surface area contributed by atoms with Crippen LogP contribution in [0.25, 0.3) is 0 Å². The molecule has 0 saturated heterocycles. The lowest BCUT2D eigenvalue weighted by atomic mass is 10.3. The summed E-state index contributed by atoms with van der Waals surface area (Å²) in [4.78, 5) is 13.1. The molecule has 102 valence electrons. The Morgan fingerprint density at radius 1 is 1.47 bits per heavy atom. The van der Waals surface area contributed by atoms with E-state index in [1.807, 2.05) is 11.9 Å². The summed E-state index contributed by atoms with van der Waals surface area (Å²) in [7, 11) is 1.93. The number of aliphatic hydroxyl groups is 1. The highest BCUT2D eigenvalue weighted by atomic mass is 32.1. The van der Waals surface area contributed by atoms with Gasteiger partial charge < -0.3 is 14.6 Å². The van der Waals surface area contributed by atoms with Gasteiger partial charge in [-0.2, -0.15) is 12.6 Å². The molecule has 0 aromatic rings. The number of thiol groups is 1. The van der Waals surface area contributed by atoms with Crippen molar-refractivity contribution in [2.45, 2.75) is 19.4 Å². The Morgan fingerprint density at radius 3 is 2.71 bits per heavy atom. The van der Waals surface area contributed by atoms with Gasteiger partial charge in [0, 0.05) is 18.7 Å². The molecule has 5 nitrogen and oxygen atoms in total. The molecule has 1 atom stereocenters. The largest absolute Gasteiger partial charge is 0.464 e. The number of carbonyl (C=O) groups excluding carboxylic acids is 1. The van der Waals surface area contributed by atoms with Gasteiger partial charge in [-0.05, 0) is 7.05 Å². The lowest BCUT2D eigenvalue weighted by molar-refractivity contribution is -0.144. The number of ether oxygens (including phenoxy) is 2. The van der Waals surface area contributed by atoms with Crippen LogP contribution in [0, 0.1) is 0 Å². The minimum absolute atomic E-state index is 0.0355. The van der Waals surface area contributed by atoms with Crippen LogP contribution in [-0.4, -0.2) is 67.8 Å². The van der Waals surface area contributed by atoms with Crippen molar-refractivity contribution < 1.29 is 19.4 Å². The summed E-state index contributed by atoms with van der Waals surface area (Å²) in [5.41, 5.74) is 0. The maximum Gasteiger partial charge on any atom is 0.305 e. The van der Waals surface area contributed by atoms with E-state index in [9.17, 15) is 4.79 Å². The molecule has 0 fully saturated rings. The highest BCUT2D eigenvalue weighted by Gasteiger charge is 2.14. The summed E-state index contributed by atoms with van der Waals surface area (Å²) in [6.07, 6.45) is 0.391. The summed E-state index contributed by atoms with van der Waals surface area (Å²) < 4.78 is 10.3. The van der Waals surface area contributed by atoms with Gasteiger partial charge in [0.25, 0.3) is 0 Å². The second-order valence-electron chi connectivity index (χ2n) is 3.69. The summed E-state index contributed by atoms with van der Waals surface area (Å²) in [5.74, 6) is 0.426. The quantitative estimate of drug-likeness (QED) is 0.335. The molecule has 0 aliphatic carbocycles. The molecule has 0 rings (SSSR count). The molecule has 17 heavy (non-hydrogen) atoms. The molecule has 1 unspecified atom stereocenters. The molecule has 0 saturated carbocycles. The zero-order valence-corrected chi connectivity index (χ0v) is 11.5. The van der Waals surface area contributed by atoms with E-state index in [0.29, 0.717) is 32.0 Å². The Morgan fingerprint density at radius 2 is 2.18 bits per heavy atom. The van der Waals surface area contributed by atoms with E-state index < -0.39 is 0 Å². The maximum absolute atomic E-state index is 11.0. The fraction of sp³-hybridized carbons (Fsp3) is 0.909. The maximum atomic E-state index is 11.0. The molecular weight excluding hydrogens is 242 g/mol. The van der Waals surface area contributed by atoms with Crippen LogP contribution in [0.3, 0.4) is 0 Å². The van der Waals surface area contributed by atoms with Crippen LogP contribution in [-0.2, 0) is 14.3 Å². The van der Waals surface area contributed by atoms with Crippen molar-refractivity contribution in [3.8, 4) is 0 Å². The number of esters is 1. The van der Waals surface area contributed by atoms with E-state index in [0.717, 1.165) is 6.54 Å². The van der Waals surface area contributed by atoms with Gasteiger partial charge in [0.15, 0.2) is 0 Å². The first-order valence-corrected chi connectivity index (χ1v) is 6.44. The third kappa shape index (κ3) is 8.43. The fourth-order valence-corrected chi connectivity index (χ4v) is 1.55. The highest BCUT2D eigenvalue weighted by molar-refractivity contribution is 7.80. The molecule has 0 aliphatic heterocycles. The Bertz CT molecular complexity index is 204. The summed E-state index contributed by atoms with van der Waals surface area (Å²) in [5, 5.41) is 8.55. The number of aliphatic hydroxyl groups excluding tert-OH is 1. The molecule has 0 radical (unpaired) electrons. The van der Waals surface area contributed by atoms with E-state index in [4.69, 9.17) is 14.6 Å². The summed E-state index contributed by atoms with van der Waals surface area (Å²) in [6.45, 7) is 3.77. The second kappa shape index (κ2) is 10.8. The van der Waals surface area contributed by atoms with Crippen LogP contribution in [0.5, 0.6) is 0 Å². The van der Waals surface area contributed by atoms with Crippen molar-refractivity contribution in [1.29, 1.82) is 0 Å². The van der Waals surface area contributed by atoms with E-state index in [1.54, 1.807) is 6.92 Å². The van der Waals surface area contributed by atoms with Crippen molar-refractivity contribution >= 4 is 18.6 Å². The molecule has 1 N–H and O–H groups in total. The highest BCUT2D eigenvalue weighted by Crippen LogP contribution is 2.01. The standard InChI is InChI=1S/C11H23NO4S/c1-3-11(14)16-8-10(9-17)12(2)4-6-15-7-5-13/h10,13,17H,3-9H2,1-2H3. The first kappa shape index (κ1) is 16.7. The number of hydrogen-bond donors (Lipinski definition) is 2. The lowest BCUT2D eigenvalue weighted by Crippen LogP contribution is -2.39. The van der Waals surface area contributed by atoms with Crippen molar-refractivity contribution in [3.63, 3.8) is 0 Å². The number of rotatable bonds is 10. The molecule has 0 aromatic carbocycles. The fourth-order valence-electron chi connectivity index (χ4n) is 1.17. The van der Waals surface area contributed by atoms with E-state index >= 15 is 0 Å². The van der Waals surface area contributed by atoms with Crippen molar-refractivity contribution in [1.82, 2.24) is 4.90 Å². The lowest BCUT2D eigenvalue weighted by Gasteiger charge is -2.26. The third-order valence-corrected chi connectivity index (χ3v) is 2.80. The van der Waals surface area contributed by atoms with E-state index in [2.05, 4.69) is 12.6 Å². The molecule has 0 spiro atoms. The van der Waals surface area contributed by atoms with Crippen molar-refractivity contribution in [2.24, 2.45) is 0 Å². The minimum atomic E-state index is -0.193. The summed E-state index contributed by atoms with van der Waals surface area (Å²) >= 11 is 4.24.